The van der Waals surface area contributed by atoms with Crippen LogP contribution in [0, 0.1) is 0 Å². The monoisotopic (exact) mass is 257 g/mol. The molecule has 0 bridgehead atoms. The van der Waals surface area contributed by atoms with Gasteiger partial charge in [-0.1, -0.05) is 18.2 Å². The highest BCUT2D eigenvalue weighted by Gasteiger charge is 2.11. The van der Waals surface area contributed by atoms with Gasteiger partial charge in [0.05, 0.1) is 7.11 Å². The molecule has 3 nitrogen and oxygen atoms in total. The Labute approximate surface area is 114 Å². The average Bonchev–Trinajstić information content (AvgIpc) is 2.48. The van der Waals surface area contributed by atoms with E-state index >= 15 is 0 Å². The van der Waals surface area contributed by atoms with Crippen molar-refractivity contribution in [2.45, 2.75) is 13.2 Å². The molecule has 0 N–H and O–H groups in total. The van der Waals surface area contributed by atoms with E-state index in [-0.39, 0.29) is 6.23 Å². The Bertz CT molecular complexity index is 496. The fourth-order valence-electron chi connectivity index (χ4n) is 1.80. The highest BCUT2D eigenvalue weighted by molar-refractivity contribution is 5.45. The summed E-state index contributed by atoms with van der Waals surface area (Å²) in [6.45, 7) is 2.03. The lowest BCUT2D eigenvalue weighted by atomic mass is 10.3. The molecule has 0 heterocycles. The SMILES string of the molecule is COc1ccc(OC(C)N(C)c2ccccc2)cc1. The number of nitrogens with zero attached hydrogens (tertiary/aromatic N) is 1. The van der Waals surface area contributed by atoms with Crippen molar-refractivity contribution in [3.05, 3.63) is 54.6 Å². The minimum atomic E-state index is -0.0456. The van der Waals surface area contributed by atoms with Crippen LogP contribution >= 0.6 is 0 Å². The van der Waals surface area contributed by atoms with Gasteiger partial charge in [0.15, 0.2) is 6.23 Å². The molecule has 0 aromatic heterocycles. The van der Waals surface area contributed by atoms with E-state index in [0.29, 0.717) is 0 Å². The van der Waals surface area contributed by atoms with E-state index in [0.717, 1.165) is 17.2 Å². The van der Waals surface area contributed by atoms with E-state index in [1.807, 2.05) is 56.4 Å². The van der Waals surface area contributed by atoms with Crippen molar-refractivity contribution in [2.24, 2.45) is 0 Å². The van der Waals surface area contributed by atoms with E-state index in [4.69, 9.17) is 9.47 Å². The molecule has 0 aliphatic carbocycles. The van der Waals surface area contributed by atoms with Crippen LogP contribution in [0.25, 0.3) is 0 Å². The van der Waals surface area contributed by atoms with E-state index in [1.54, 1.807) is 7.11 Å². The van der Waals surface area contributed by atoms with Crippen LogP contribution < -0.4 is 14.4 Å². The topological polar surface area (TPSA) is 21.7 Å². The average molecular weight is 257 g/mol. The van der Waals surface area contributed by atoms with Crippen molar-refractivity contribution >= 4 is 5.69 Å². The fraction of sp³-hybridized carbons (Fsp3) is 0.250. The van der Waals surface area contributed by atoms with Gasteiger partial charge in [-0.2, -0.15) is 0 Å². The summed E-state index contributed by atoms with van der Waals surface area (Å²) in [5.74, 6) is 1.66. The van der Waals surface area contributed by atoms with Crippen LogP contribution in [0.5, 0.6) is 11.5 Å². The maximum absolute atomic E-state index is 5.90. The Hall–Kier alpha value is -2.16. The molecular formula is C16H19NO2. The lowest BCUT2D eigenvalue weighted by Gasteiger charge is -2.27. The van der Waals surface area contributed by atoms with Crippen molar-refractivity contribution in [3.63, 3.8) is 0 Å². The van der Waals surface area contributed by atoms with Crippen LogP contribution in [-0.4, -0.2) is 20.4 Å². The van der Waals surface area contributed by atoms with Crippen molar-refractivity contribution in [1.29, 1.82) is 0 Å². The van der Waals surface area contributed by atoms with Gasteiger partial charge >= 0.3 is 0 Å². The third-order valence-corrected chi connectivity index (χ3v) is 3.07. The van der Waals surface area contributed by atoms with Gasteiger partial charge in [-0.05, 0) is 43.3 Å². The summed E-state index contributed by atoms with van der Waals surface area (Å²) in [5.41, 5.74) is 1.13. The number of anilines is 1. The molecule has 3 heteroatoms. The lowest BCUT2D eigenvalue weighted by Crippen LogP contribution is -2.33. The number of para-hydroxylation sites is 1. The van der Waals surface area contributed by atoms with Gasteiger partial charge in [0.1, 0.15) is 11.5 Å². The second-order valence-electron chi connectivity index (χ2n) is 4.34. The van der Waals surface area contributed by atoms with E-state index in [1.165, 1.54) is 0 Å². The van der Waals surface area contributed by atoms with Gasteiger partial charge in [0, 0.05) is 12.7 Å². The van der Waals surface area contributed by atoms with Crippen LogP contribution in [-0.2, 0) is 0 Å². The summed E-state index contributed by atoms with van der Waals surface area (Å²) in [6, 6.07) is 17.8. The molecule has 0 spiro atoms. The number of benzene rings is 2. The highest BCUT2D eigenvalue weighted by atomic mass is 16.5. The van der Waals surface area contributed by atoms with Gasteiger partial charge in [0.2, 0.25) is 0 Å². The molecule has 2 aromatic rings. The molecule has 100 valence electrons. The predicted octanol–water partition coefficient (Wildman–Crippen LogP) is 3.56. The van der Waals surface area contributed by atoms with Crippen LogP contribution in [0.3, 0.4) is 0 Å². The molecule has 0 saturated carbocycles. The maximum Gasteiger partial charge on any atom is 0.169 e. The molecular weight excluding hydrogens is 238 g/mol. The standard InChI is InChI=1S/C16H19NO2/c1-13(17(2)14-7-5-4-6-8-14)19-16-11-9-15(18-3)10-12-16/h4-13H,1-3H3. The molecule has 0 aliphatic rings. The smallest absolute Gasteiger partial charge is 0.169 e. The number of hydrogen-bond acceptors (Lipinski definition) is 3. The third kappa shape index (κ3) is 3.41. The zero-order chi connectivity index (χ0) is 13.7. The zero-order valence-corrected chi connectivity index (χ0v) is 11.5. The van der Waals surface area contributed by atoms with Crippen molar-refractivity contribution in [1.82, 2.24) is 0 Å². The molecule has 2 rings (SSSR count). The predicted molar refractivity (Wildman–Crippen MR) is 77.9 cm³/mol. The fourth-order valence-corrected chi connectivity index (χ4v) is 1.80. The normalized spacial score (nSPS) is 11.7. The number of methoxy groups -OCH3 is 1. The molecule has 0 fully saturated rings. The molecule has 2 aromatic carbocycles. The van der Waals surface area contributed by atoms with Gasteiger partial charge < -0.3 is 14.4 Å². The Morgan fingerprint density at radius 3 is 2.05 bits per heavy atom. The summed E-state index contributed by atoms with van der Waals surface area (Å²) in [5, 5.41) is 0. The number of rotatable bonds is 5. The number of ether oxygens (including phenoxy) is 2. The zero-order valence-electron chi connectivity index (χ0n) is 11.5. The number of hydrogen-bond donors (Lipinski definition) is 0. The summed E-state index contributed by atoms with van der Waals surface area (Å²) in [6.07, 6.45) is -0.0456. The third-order valence-electron chi connectivity index (χ3n) is 3.07. The van der Waals surface area contributed by atoms with Gasteiger partial charge in [-0.3, -0.25) is 0 Å². The summed E-state index contributed by atoms with van der Waals surface area (Å²) >= 11 is 0. The van der Waals surface area contributed by atoms with E-state index < -0.39 is 0 Å². The first-order valence-corrected chi connectivity index (χ1v) is 6.29. The first kappa shape index (κ1) is 13.3. The summed E-state index contributed by atoms with van der Waals surface area (Å²) < 4.78 is 11.0. The summed E-state index contributed by atoms with van der Waals surface area (Å²) in [4.78, 5) is 2.09. The molecule has 0 saturated heterocycles. The lowest BCUT2D eigenvalue weighted by molar-refractivity contribution is 0.221. The molecule has 0 aliphatic heterocycles. The molecule has 0 radical (unpaired) electrons. The van der Waals surface area contributed by atoms with Crippen molar-refractivity contribution in [3.8, 4) is 11.5 Å². The van der Waals surface area contributed by atoms with Gasteiger partial charge in [-0.15, -0.1) is 0 Å². The summed E-state index contributed by atoms with van der Waals surface area (Å²) in [7, 11) is 3.67. The van der Waals surface area contributed by atoms with Crippen LogP contribution in [0.4, 0.5) is 5.69 Å². The van der Waals surface area contributed by atoms with Crippen molar-refractivity contribution < 1.29 is 9.47 Å². The van der Waals surface area contributed by atoms with Crippen molar-refractivity contribution in [2.75, 3.05) is 19.1 Å². The molecule has 19 heavy (non-hydrogen) atoms. The highest BCUT2D eigenvalue weighted by Crippen LogP contribution is 2.20. The first-order chi connectivity index (χ1) is 9.20. The maximum atomic E-state index is 5.90. The largest absolute Gasteiger partial charge is 0.497 e. The van der Waals surface area contributed by atoms with Crippen LogP contribution in [0.2, 0.25) is 0 Å². The molecule has 1 unspecified atom stereocenters. The minimum Gasteiger partial charge on any atom is -0.497 e. The Kier molecular flexibility index (Phi) is 4.29. The Morgan fingerprint density at radius 2 is 1.47 bits per heavy atom. The second-order valence-corrected chi connectivity index (χ2v) is 4.34. The molecule has 0 amide bonds. The van der Waals surface area contributed by atoms with E-state index in [9.17, 15) is 0 Å². The quantitative estimate of drug-likeness (QED) is 0.764. The van der Waals surface area contributed by atoms with E-state index in [2.05, 4.69) is 17.0 Å². The van der Waals surface area contributed by atoms with Crippen LogP contribution in [0.1, 0.15) is 6.92 Å². The Balaban J connectivity index is 2.01. The minimum absolute atomic E-state index is 0.0456. The Morgan fingerprint density at radius 1 is 0.895 bits per heavy atom. The van der Waals surface area contributed by atoms with Gasteiger partial charge in [-0.25, -0.2) is 0 Å². The second kappa shape index (κ2) is 6.14. The van der Waals surface area contributed by atoms with Gasteiger partial charge in [0.25, 0.3) is 0 Å². The van der Waals surface area contributed by atoms with Crippen LogP contribution in [0.15, 0.2) is 54.6 Å². The molecule has 1 atom stereocenters. The first-order valence-electron chi connectivity index (χ1n) is 6.29.